The Morgan fingerprint density at radius 2 is 1.92 bits per heavy atom. The van der Waals surface area contributed by atoms with E-state index in [2.05, 4.69) is 0 Å². The topological polar surface area (TPSA) is 104 Å². The van der Waals surface area contributed by atoms with E-state index in [9.17, 15) is 18.0 Å². The SMILES string of the molecule is CCCCOC(=O)c1cccc(C(=O)c2cc(S(N)(=O)=O)cs2)c1. The van der Waals surface area contributed by atoms with E-state index in [1.54, 1.807) is 18.2 Å². The molecular weight excluding hydrogens is 350 g/mol. The number of rotatable bonds is 7. The number of thiophene rings is 1. The number of ketones is 1. The molecule has 0 unspecified atom stereocenters. The third kappa shape index (κ3) is 4.50. The molecule has 2 aromatic rings. The van der Waals surface area contributed by atoms with Gasteiger partial charge in [0.1, 0.15) is 0 Å². The van der Waals surface area contributed by atoms with Crippen molar-refractivity contribution in [1.82, 2.24) is 0 Å². The number of hydrogen-bond donors (Lipinski definition) is 1. The first-order chi connectivity index (χ1) is 11.3. The normalized spacial score (nSPS) is 11.2. The van der Waals surface area contributed by atoms with Gasteiger partial charge in [0, 0.05) is 10.9 Å². The summed E-state index contributed by atoms with van der Waals surface area (Å²) in [5.41, 5.74) is 0.558. The lowest BCUT2D eigenvalue weighted by molar-refractivity contribution is 0.0499. The standard InChI is InChI=1S/C16H17NO5S2/c1-2-3-7-22-16(19)12-6-4-5-11(8-12)15(18)14-9-13(10-23-14)24(17,20)21/h4-6,8-10H,2-3,7H2,1H3,(H2,17,20,21). The summed E-state index contributed by atoms with van der Waals surface area (Å²) in [5.74, 6) is -0.868. The van der Waals surface area contributed by atoms with Crippen LogP contribution in [0, 0.1) is 0 Å². The third-order valence-electron chi connectivity index (χ3n) is 3.22. The minimum atomic E-state index is -3.85. The summed E-state index contributed by atoms with van der Waals surface area (Å²) in [6, 6.07) is 7.37. The van der Waals surface area contributed by atoms with Crippen LogP contribution in [0.2, 0.25) is 0 Å². The van der Waals surface area contributed by atoms with E-state index in [1.807, 2.05) is 6.92 Å². The van der Waals surface area contributed by atoms with Crippen molar-refractivity contribution in [1.29, 1.82) is 0 Å². The van der Waals surface area contributed by atoms with Gasteiger partial charge < -0.3 is 4.74 Å². The van der Waals surface area contributed by atoms with Gasteiger partial charge in [-0.15, -0.1) is 11.3 Å². The lowest BCUT2D eigenvalue weighted by atomic mass is 10.1. The van der Waals surface area contributed by atoms with Crippen LogP contribution in [0.5, 0.6) is 0 Å². The number of primary sulfonamides is 1. The average Bonchev–Trinajstić information content (AvgIpc) is 3.04. The van der Waals surface area contributed by atoms with E-state index in [-0.39, 0.29) is 26.7 Å². The number of ether oxygens (including phenoxy) is 1. The summed E-state index contributed by atoms with van der Waals surface area (Å²) < 4.78 is 27.7. The zero-order valence-corrected chi connectivity index (χ0v) is 14.7. The quantitative estimate of drug-likeness (QED) is 0.460. The predicted octanol–water partition coefficient (Wildman–Crippen LogP) is 2.58. The predicted molar refractivity (Wildman–Crippen MR) is 90.8 cm³/mol. The summed E-state index contributed by atoms with van der Waals surface area (Å²) in [4.78, 5) is 24.5. The van der Waals surface area contributed by atoms with Crippen molar-refractivity contribution in [2.45, 2.75) is 24.7 Å². The number of carbonyl (C=O) groups is 2. The molecule has 0 saturated carbocycles. The first-order valence-corrected chi connectivity index (χ1v) is 9.68. The molecule has 128 valence electrons. The largest absolute Gasteiger partial charge is 0.462 e. The monoisotopic (exact) mass is 367 g/mol. The zero-order valence-electron chi connectivity index (χ0n) is 13.0. The molecule has 1 aromatic heterocycles. The van der Waals surface area contributed by atoms with Gasteiger partial charge in [-0.25, -0.2) is 18.4 Å². The highest BCUT2D eigenvalue weighted by molar-refractivity contribution is 7.89. The summed E-state index contributed by atoms with van der Waals surface area (Å²) in [7, 11) is -3.85. The van der Waals surface area contributed by atoms with Crippen LogP contribution in [0.4, 0.5) is 0 Å². The summed E-state index contributed by atoms with van der Waals surface area (Å²) in [5, 5.41) is 6.35. The van der Waals surface area contributed by atoms with E-state index >= 15 is 0 Å². The molecule has 1 aromatic carbocycles. The minimum Gasteiger partial charge on any atom is -0.462 e. The van der Waals surface area contributed by atoms with Gasteiger partial charge in [-0.3, -0.25) is 4.79 Å². The molecule has 0 radical (unpaired) electrons. The Morgan fingerprint density at radius 1 is 1.21 bits per heavy atom. The molecule has 0 bridgehead atoms. The Labute approximate surface area is 144 Å². The molecule has 1 heterocycles. The van der Waals surface area contributed by atoms with E-state index in [0.717, 1.165) is 24.2 Å². The minimum absolute atomic E-state index is 0.106. The fourth-order valence-corrected chi connectivity index (χ4v) is 3.68. The van der Waals surface area contributed by atoms with Crippen molar-refractivity contribution in [3.05, 3.63) is 51.7 Å². The first-order valence-electron chi connectivity index (χ1n) is 7.26. The Kier molecular flexibility index (Phi) is 5.87. The summed E-state index contributed by atoms with van der Waals surface area (Å²) in [6.45, 7) is 2.32. The molecule has 0 fully saturated rings. The Bertz CT molecular complexity index is 855. The molecule has 0 spiro atoms. The van der Waals surface area contributed by atoms with Crippen LogP contribution in [0.3, 0.4) is 0 Å². The van der Waals surface area contributed by atoms with Crippen LogP contribution in [0.15, 0.2) is 40.6 Å². The maximum absolute atomic E-state index is 12.4. The van der Waals surface area contributed by atoms with E-state index < -0.39 is 16.0 Å². The first kappa shape index (κ1) is 18.3. The third-order valence-corrected chi connectivity index (χ3v) is 5.19. The van der Waals surface area contributed by atoms with Gasteiger partial charge in [0.05, 0.1) is 21.9 Å². The summed E-state index contributed by atoms with van der Waals surface area (Å²) in [6.07, 6.45) is 1.69. The zero-order chi connectivity index (χ0) is 17.7. The van der Waals surface area contributed by atoms with Gasteiger partial charge in [0.15, 0.2) is 0 Å². The van der Waals surface area contributed by atoms with Crippen LogP contribution in [-0.2, 0) is 14.8 Å². The molecule has 24 heavy (non-hydrogen) atoms. The maximum Gasteiger partial charge on any atom is 0.338 e. The average molecular weight is 367 g/mol. The number of benzene rings is 1. The van der Waals surface area contributed by atoms with E-state index in [0.29, 0.717) is 6.61 Å². The second-order valence-electron chi connectivity index (χ2n) is 5.09. The van der Waals surface area contributed by atoms with Crippen LogP contribution < -0.4 is 5.14 Å². The second-order valence-corrected chi connectivity index (χ2v) is 7.56. The van der Waals surface area contributed by atoms with Crippen LogP contribution >= 0.6 is 11.3 Å². The van der Waals surface area contributed by atoms with Gasteiger partial charge in [-0.05, 0) is 24.6 Å². The maximum atomic E-state index is 12.4. The molecule has 8 heteroatoms. The van der Waals surface area contributed by atoms with Gasteiger partial charge in [-0.1, -0.05) is 25.5 Å². The number of nitrogens with two attached hydrogens (primary N) is 1. The van der Waals surface area contributed by atoms with E-state index in [1.165, 1.54) is 17.5 Å². The molecule has 0 aliphatic rings. The van der Waals surface area contributed by atoms with Crippen molar-refractivity contribution in [3.63, 3.8) is 0 Å². The van der Waals surface area contributed by atoms with Gasteiger partial charge in [0.25, 0.3) is 0 Å². The molecule has 0 aliphatic heterocycles. The lowest BCUT2D eigenvalue weighted by Crippen LogP contribution is -2.11. The molecule has 0 saturated heterocycles. The Balaban J connectivity index is 2.20. The summed E-state index contributed by atoms with van der Waals surface area (Å²) >= 11 is 0.986. The number of esters is 1. The number of unbranched alkanes of at least 4 members (excludes halogenated alkanes) is 1. The molecular formula is C16H17NO5S2. The van der Waals surface area contributed by atoms with Crippen molar-refractivity contribution >= 4 is 33.1 Å². The van der Waals surface area contributed by atoms with Gasteiger partial charge in [0.2, 0.25) is 15.8 Å². The second kappa shape index (κ2) is 7.69. The number of sulfonamides is 1. The fourth-order valence-electron chi connectivity index (χ4n) is 1.91. The van der Waals surface area contributed by atoms with Crippen LogP contribution in [0.25, 0.3) is 0 Å². The Morgan fingerprint density at radius 3 is 2.54 bits per heavy atom. The highest BCUT2D eigenvalue weighted by Gasteiger charge is 2.18. The number of carbonyl (C=O) groups excluding carboxylic acids is 2. The molecule has 6 nitrogen and oxygen atoms in total. The molecule has 2 N–H and O–H groups in total. The molecule has 0 aliphatic carbocycles. The van der Waals surface area contributed by atoms with E-state index in [4.69, 9.17) is 9.88 Å². The van der Waals surface area contributed by atoms with Crippen molar-refractivity contribution < 1.29 is 22.7 Å². The molecule has 0 amide bonds. The van der Waals surface area contributed by atoms with Crippen molar-refractivity contribution in [2.24, 2.45) is 5.14 Å². The molecule has 2 rings (SSSR count). The highest BCUT2D eigenvalue weighted by Crippen LogP contribution is 2.22. The lowest BCUT2D eigenvalue weighted by Gasteiger charge is -2.05. The van der Waals surface area contributed by atoms with Gasteiger partial charge >= 0.3 is 5.97 Å². The fraction of sp³-hybridized carbons (Fsp3) is 0.250. The van der Waals surface area contributed by atoms with Crippen molar-refractivity contribution in [2.75, 3.05) is 6.61 Å². The molecule has 0 atom stereocenters. The van der Waals surface area contributed by atoms with Crippen molar-refractivity contribution in [3.8, 4) is 0 Å². The highest BCUT2D eigenvalue weighted by atomic mass is 32.2. The smallest absolute Gasteiger partial charge is 0.338 e. The van der Waals surface area contributed by atoms with Crippen LogP contribution in [-0.4, -0.2) is 26.8 Å². The van der Waals surface area contributed by atoms with Gasteiger partial charge in [-0.2, -0.15) is 0 Å². The number of hydrogen-bond acceptors (Lipinski definition) is 6. The van der Waals surface area contributed by atoms with Crippen LogP contribution in [0.1, 0.15) is 45.4 Å². The Hall–Kier alpha value is -2.03.